The summed E-state index contributed by atoms with van der Waals surface area (Å²) in [6.07, 6.45) is 2.19. The second kappa shape index (κ2) is 3.70. The molecule has 15 heavy (non-hydrogen) atoms. The summed E-state index contributed by atoms with van der Waals surface area (Å²) >= 11 is 0. The molecule has 0 radical (unpaired) electrons. The highest BCUT2D eigenvalue weighted by atomic mass is 16.5. The molecule has 1 aromatic carbocycles. The van der Waals surface area contributed by atoms with Crippen LogP contribution < -0.4 is 10.5 Å². The van der Waals surface area contributed by atoms with E-state index in [9.17, 15) is 0 Å². The first-order valence-corrected chi connectivity index (χ1v) is 5.27. The average molecular weight is 203 g/mol. The predicted octanol–water partition coefficient (Wildman–Crippen LogP) is 2.59. The van der Waals surface area contributed by atoms with Crippen molar-refractivity contribution in [2.45, 2.75) is 25.3 Å². The fourth-order valence-electron chi connectivity index (χ4n) is 1.51. The topological polar surface area (TPSA) is 35.2 Å². The molecule has 1 saturated carbocycles. The molecule has 2 N–H and O–H groups in total. The first-order valence-electron chi connectivity index (χ1n) is 5.27. The Labute approximate surface area is 90.7 Å². The van der Waals surface area contributed by atoms with Gasteiger partial charge in [0.15, 0.2) is 0 Å². The maximum atomic E-state index is 6.09. The third-order valence-corrected chi connectivity index (χ3v) is 2.70. The van der Waals surface area contributed by atoms with E-state index in [0.717, 1.165) is 24.2 Å². The molecule has 0 bridgehead atoms. The van der Waals surface area contributed by atoms with E-state index >= 15 is 0 Å². The molecule has 0 atom stereocenters. The monoisotopic (exact) mass is 203 g/mol. The van der Waals surface area contributed by atoms with Gasteiger partial charge in [-0.2, -0.15) is 0 Å². The van der Waals surface area contributed by atoms with Gasteiger partial charge in [-0.1, -0.05) is 18.7 Å². The van der Waals surface area contributed by atoms with Gasteiger partial charge in [0.05, 0.1) is 0 Å². The van der Waals surface area contributed by atoms with Gasteiger partial charge in [-0.25, -0.2) is 0 Å². The summed E-state index contributed by atoms with van der Waals surface area (Å²) in [7, 11) is 0. The molecule has 1 fully saturated rings. The maximum Gasteiger partial charge on any atom is 0.119 e. The van der Waals surface area contributed by atoms with Crippen LogP contribution in [0.5, 0.6) is 5.75 Å². The molecule has 2 nitrogen and oxygen atoms in total. The molecule has 1 aliphatic carbocycles. The number of benzene rings is 1. The lowest BCUT2D eigenvalue weighted by Crippen LogP contribution is -2.18. The standard InChI is InChI=1S/C13H17NO/c1-10(2)9-15-12-5-3-11(4-6-12)13(14)7-8-13/h3-6H,1,7-9,14H2,2H3. The SMILES string of the molecule is C=C(C)COc1ccc(C2(N)CC2)cc1. The van der Waals surface area contributed by atoms with Gasteiger partial charge in [0, 0.05) is 5.54 Å². The molecule has 0 aromatic heterocycles. The van der Waals surface area contributed by atoms with Gasteiger partial charge in [-0.05, 0) is 43.0 Å². The molecule has 0 saturated heterocycles. The third-order valence-electron chi connectivity index (χ3n) is 2.70. The molecule has 0 aliphatic heterocycles. The van der Waals surface area contributed by atoms with Crippen molar-refractivity contribution in [1.29, 1.82) is 0 Å². The Bertz CT molecular complexity index is 363. The van der Waals surface area contributed by atoms with Gasteiger partial charge in [-0.3, -0.25) is 0 Å². The minimum absolute atomic E-state index is 0.0487. The summed E-state index contributed by atoms with van der Waals surface area (Å²) in [5, 5.41) is 0. The second-order valence-electron chi connectivity index (χ2n) is 4.43. The lowest BCUT2D eigenvalue weighted by atomic mass is 10.1. The number of hydrogen-bond acceptors (Lipinski definition) is 2. The second-order valence-corrected chi connectivity index (χ2v) is 4.43. The molecular formula is C13H17NO. The number of ether oxygens (including phenoxy) is 1. The molecule has 1 aliphatic rings. The van der Waals surface area contributed by atoms with Crippen LogP contribution in [0.15, 0.2) is 36.4 Å². The Hall–Kier alpha value is -1.28. The number of nitrogens with two attached hydrogens (primary N) is 1. The lowest BCUT2D eigenvalue weighted by Gasteiger charge is -2.10. The summed E-state index contributed by atoms with van der Waals surface area (Å²) in [5.41, 5.74) is 8.27. The van der Waals surface area contributed by atoms with Crippen LogP contribution in [0.3, 0.4) is 0 Å². The fourth-order valence-corrected chi connectivity index (χ4v) is 1.51. The van der Waals surface area contributed by atoms with E-state index in [-0.39, 0.29) is 5.54 Å². The Morgan fingerprint density at radius 2 is 2.00 bits per heavy atom. The quantitative estimate of drug-likeness (QED) is 0.763. The van der Waals surface area contributed by atoms with Crippen molar-refractivity contribution in [2.75, 3.05) is 6.61 Å². The zero-order chi connectivity index (χ0) is 10.9. The van der Waals surface area contributed by atoms with Crippen LogP contribution in [-0.2, 0) is 5.54 Å². The van der Waals surface area contributed by atoms with E-state index in [1.165, 1.54) is 5.56 Å². The van der Waals surface area contributed by atoms with Crippen LogP contribution in [0.1, 0.15) is 25.3 Å². The highest BCUT2D eigenvalue weighted by Crippen LogP contribution is 2.42. The van der Waals surface area contributed by atoms with Gasteiger partial charge in [0.2, 0.25) is 0 Å². The van der Waals surface area contributed by atoms with E-state index in [2.05, 4.69) is 18.7 Å². The van der Waals surface area contributed by atoms with E-state index in [1.54, 1.807) is 0 Å². The summed E-state index contributed by atoms with van der Waals surface area (Å²) < 4.78 is 5.52. The smallest absolute Gasteiger partial charge is 0.119 e. The van der Waals surface area contributed by atoms with E-state index in [0.29, 0.717) is 6.61 Å². The van der Waals surface area contributed by atoms with Crippen LogP contribution in [0, 0.1) is 0 Å². The Balaban J connectivity index is 2.01. The Kier molecular flexibility index (Phi) is 2.53. The molecule has 0 amide bonds. The van der Waals surface area contributed by atoms with Gasteiger partial charge in [0.1, 0.15) is 12.4 Å². The van der Waals surface area contributed by atoms with Gasteiger partial charge < -0.3 is 10.5 Å². The Morgan fingerprint density at radius 1 is 1.40 bits per heavy atom. The molecule has 0 spiro atoms. The molecule has 0 unspecified atom stereocenters. The minimum Gasteiger partial charge on any atom is -0.489 e. The van der Waals surface area contributed by atoms with Crippen LogP contribution in [0.4, 0.5) is 0 Å². The molecule has 0 heterocycles. The van der Waals surface area contributed by atoms with Gasteiger partial charge in [-0.15, -0.1) is 0 Å². The van der Waals surface area contributed by atoms with Crippen LogP contribution in [0.25, 0.3) is 0 Å². The van der Waals surface area contributed by atoms with Crippen LogP contribution in [-0.4, -0.2) is 6.61 Å². The summed E-state index contributed by atoms with van der Waals surface area (Å²) in [4.78, 5) is 0. The highest BCUT2D eigenvalue weighted by molar-refractivity contribution is 5.34. The normalized spacial score (nSPS) is 17.2. The summed E-state index contributed by atoms with van der Waals surface area (Å²) in [6.45, 7) is 6.32. The van der Waals surface area contributed by atoms with E-state index < -0.39 is 0 Å². The number of hydrogen-bond donors (Lipinski definition) is 1. The fraction of sp³-hybridized carbons (Fsp3) is 0.385. The van der Waals surface area contributed by atoms with Crippen molar-refractivity contribution in [3.63, 3.8) is 0 Å². The molecule has 2 rings (SSSR count). The van der Waals surface area contributed by atoms with Crippen molar-refractivity contribution in [2.24, 2.45) is 5.73 Å². The first-order chi connectivity index (χ1) is 7.10. The predicted molar refractivity (Wildman–Crippen MR) is 61.9 cm³/mol. The minimum atomic E-state index is -0.0487. The summed E-state index contributed by atoms with van der Waals surface area (Å²) in [6, 6.07) is 8.07. The molecular weight excluding hydrogens is 186 g/mol. The molecule has 1 aromatic rings. The van der Waals surface area contributed by atoms with Crippen molar-refractivity contribution in [3.05, 3.63) is 42.0 Å². The maximum absolute atomic E-state index is 6.09. The largest absolute Gasteiger partial charge is 0.489 e. The van der Waals surface area contributed by atoms with Crippen molar-refractivity contribution >= 4 is 0 Å². The summed E-state index contributed by atoms with van der Waals surface area (Å²) in [5.74, 6) is 0.881. The third kappa shape index (κ3) is 2.39. The van der Waals surface area contributed by atoms with Crippen molar-refractivity contribution in [1.82, 2.24) is 0 Å². The van der Waals surface area contributed by atoms with E-state index in [1.807, 2.05) is 19.1 Å². The number of rotatable bonds is 4. The zero-order valence-corrected chi connectivity index (χ0v) is 9.12. The Morgan fingerprint density at radius 3 is 2.47 bits per heavy atom. The molecule has 2 heteroatoms. The van der Waals surface area contributed by atoms with Gasteiger partial charge in [0.25, 0.3) is 0 Å². The van der Waals surface area contributed by atoms with Crippen LogP contribution >= 0.6 is 0 Å². The average Bonchev–Trinajstić information content (AvgIpc) is 2.96. The van der Waals surface area contributed by atoms with Crippen molar-refractivity contribution < 1.29 is 4.74 Å². The zero-order valence-electron chi connectivity index (χ0n) is 9.12. The van der Waals surface area contributed by atoms with Crippen molar-refractivity contribution in [3.8, 4) is 5.75 Å². The highest BCUT2D eigenvalue weighted by Gasteiger charge is 2.39. The van der Waals surface area contributed by atoms with Gasteiger partial charge >= 0.3 is 0 Å². The first kappa shape index (κ1) is 10.2. The lowest BCUT2D eigenvalue weighted by molar-refractivity contribution is 0.352. The van der Waals surface area contributed by atoms with E-state index in [4.69, 9.17) is 10.5 Å². The molecule has 80 valence electrons. The van der Waals surface area contributed by atoms with Crippen LogP contribution in [0.2, 0.25) is 0 Å².